The number of ether oxygens (including phenoxy) is 2. The van der Waals surface area contributed by atoms with Crippen molar-refractivity contribution in [3.63, 3.8) is 0 Å². The van der Waals surface area contributed by atoms with Gasteiger partial charge in [0.2, 0.25) is 5.91 Å². The first-order valence-corrected chi connectivity index (χ1v) is 11.4. The molecule has 0 aromatic heterocycles. The molecule has 192 valence electrons. The lowest BCUT2D eigenvalue weighted by Gasteiger charge is -2.42. The van der Waals surface area contributed by atoms with Crippen molar-refractivity contribution in [3.05, 3.63) is 65.2 Å². The van der Waals surface area contributed by atoms with Gasteiger partial charge in [0, 0.05) is 11.3 Å². The minimum atomic E-state index is -5.81. The number of benzene rings is 2. The van der Waals surface area contributed by atoms with Gasteiger partial charge in [-0.2, -0.15) is 26.3 Å². The Morgan fingerprint density at radius 2 is 1.60 bits per heavy atom. The molecule has 1 fully saturated rings. The Labute approximate surface area is 198 Å². The van der Waals surface area contributed by atoms with Crippen LogP contribution >= 0.6 is 0 Å². The molecule has 1 aliphatic heterocycles. The Morgan fingerprint density at radius 1 is 1.06 bits per heavy atom. The van der Waals surface area contributed by atoms with Crippen LogP contribution in [0.3, 0.4) is 0 Å². The molecule has 1 saturated heterocycles. The molecule has 1 amide bonds. The summed E-state index contributed by atoms with van der Waals surface area (Å²) < 4.78 is 112. The highest BCUT2D eigenvalue weighted by molar-refractivity contribution is 7.79. The molecule has 6 nitrogen and oxygen atoms in total. The van der Waals surface area contributed by atoms with Crippen molar-refractivity contribution in [2.75, 3.05) is 18.5 Å². The maximum atomic E-state index is 13.8. The van der Waals surface area contributed by atoms with Gasteiger partial charge in [-0.05, 0) is 30.2 Å². The minimum Gasteiger partial charge on any atom is -0.376 e. The molecular formula is C22H21F6NO5S. The molecule has 2 aromatic rings. The Hall–Kier alpha value is -2.48. The monoisotopic (exact) mass is 525 g/mol. The molecule has 0 spiro atoms. The number of amides is 1. The summed E-state index contributed by atoms with van der Waals surface area (Å²) in [4.78, 5) is 12.3. The summed E-state index contributed by atoms with van der Waals surface area (Å²) in [6.45, 7) is 0.776. The van der Waals surface area contributed by atoms with Gasteiger partial charge < -0.3 is 19.3 Å². The fourth-order valence-electron chi connectivity index (χ4n) is 3.42. The number of carbonyl (C=O) groups excluding carboxylic acids is 1. The first-order valence-electron chi connectivity index (χ1n) is 10.2. The Morgan fingerprint density at radius 3 is 2.03 bits per heavy atom. The second-order valence-electron chi connectivity index (χ2n) is 7.92. The van der Waals surface area contributed by atoms with Crippen LogP contribution in [0, 0.1) is 0 Å². The number of anilines is 1. The molecule has 2 atom stereocenters. The van der Waals surface area contributed by atoms with E-state index in [9.17, 15) is 35.3 Å². The summed E-state index contributed by atoms with van der Waals surface area (Å²) in [6, 6.07) is 9.40. The van der Waals surface area contributed by atoms with E-state index in [-0.39, 0.29) is 25.3 Å². The van der Waals surface area contributed by atoms with Crippen LogP contribution in [0.4, 0.5) is 32.0 Å². The van der Waals surface area contributed by atoms with Gasteiger partial charge in [-0.25, -0.2) is 4.21 Å². The van der Waals surface area contributed by atoms with Gasteiger partial charge in [-0.1, -0.05) is 36.4 Å². The maximum absolute atomic E-state index is 13.8. The summed E-state index contributed by atoms with van der Waals surface area (Å²) in [5.74, 6) is -0.565. The van der Waals surface area contributed by atoms with Gasteiger partial charge in [-0.15, -0.1) is 0 Å². The van der Waals surface area contributed by atoms with Crippen molar-refractivity contribution in [3.8, 4) is 0 Å². The standard InChI is InChI=1S/C22H21F6NO5S/c1-13(35(31)32)15-4-2-14(3-5-15)10-19(30)29-17-8-6-16(7-9-17)20(21(23,24)25,22(26,27)28)34-18-11-33-12-18/h2-9,13,18H,10-12H2,1H3,(H,29,30)(H,31,32). The molecule has 1 aliphatic rings. The summed E-state index contributed by atoms with van der Waals surface area (Å²) in [6.07, 6.45) is -13.1. The lowest BCUT2D eigenvalue weighted by Crippen LogP contribution is -2.59. The van der Waals surface area contributed by atoms with Crippen LogP contribution in [-0.2, 0) is 37.4 Å². The predicted molar refractivity (Wildman–Crippen MR) is 114 cm³/mol. The average molecular weight is 525 g/mol. The molecule has 0 saturated carbocycles. The van der Waals surface area contributed by atoms with Crippen molar-refractivity contribution in [1.82, 2.24) is 0 Å². The Kier molecular flexibility index (Phi) is 7.94. The number of carbonyl (C=O) groups is 1. The fourth-order valence-corrected chi connectivity index (χ4v) is 3.81. The maximum Gasteiger partial charge on any atom is 0.430 e. The van der Waals surface area contributed by atoms with Gasteiger partial charge >= 0.3 is 12.4 Å². The first kappa shape index (κ1) is 27.1. The van der Waals surface area contributed by atoms with E-state index in [0.29, 0.717) is 23.3 Å². The number of hydrogen-bond acceptors (Lipinski definition) is 4. The molecule has 2 aromatic carbocycles. The topological polar surface area (TPSA) is 84.9 Å². The van der Waals surface area contributed by atoms with Crippen LogP contribution in [-0.4, -0.2) is 46.3 Å². The number of halogens is 6. The molecule has 0 radical (unpaired) electrons. The van der Waals surface area contributed by atoms with E-state index in [1.807, 2.05) is 0 Å². The van der Waals surface area contributed by atoms with Crippen LogP contribution < -0.4 is 5.32 Å². The van der Waals surface area contributed by atoms with Gasteiger partial charge in [-0.3, -0.25) is 4.79 Å². The fraction of sp³-hybridized carbons (Fsp3) is 0.409. The van der Waals surface area contributed by atoms with E-state index in [2.05, 4.69) is 14.8 Å². The van der Waals surface area contributed by atoms with Crippen molar-refractivity contribution < 1.29 is 49.4 Å². The van der Waals surface area contributed by atoms with E-state index >= 15 is 0 Å². The van der Waals surface area contributed by atoms with Gasteiger partial charge in [0.05, 0.1) is 24.9 Å². The SMILES string of the molecule is CC(c1ccc(CC(=O)Nc2ccc(C(OC3COC3)(C(F)(F)F)C(F)(F)F)cc2)cc1)S(=O)O. The normalized spacial score (nSPS) is 16.9. The van der Waals surface area contributed by atoms with Gasteiger partial charge in [0.1, 0.15) is 6.10 Å². The predicted octanol–water partition coefficient (Wildman–Crippen LogP) is 4.89. The third kappa shape index (κ3) is 5.85. The third-order valence-corrected chi connectivity index (χ3v) is 6.32. The van der Waals surface area contributed by atoms with Crippen LogP contribution in [0.15, 0.2) is 48.5 Å². The number of hydrogen-bond donors (Lipinski definition) is 2. The second kappa shape index (κ2) is 10.2. The van der Waals surface area contributed by atoms with Crippen LogP contribution in [0.25, 0.3) is 0 Å². The Bertz CT molecular complexity index is 1040. The number of nitrogens with one attached hydrogen (secondary N) is 1. The number of alkyl halides is 6. The van der Waals surface area contributed by atoms with Crippen molar-refractivity contribution in [1.29, 1.82) is 0 Å². The lowest BCUT2D eigenvalue weighted by atomic mass is 9.91. The van der Waals surface area contributed by atoms with E-state index in [1.54, 1.807) is 31.2 Å². The van der Waals surface area contributed by atoms with Crippen LogP contribution in [0.5, 0.6) is 0 Å². The molecule has 1 heterocycles. The van der Waals surface area contributed by atoms with Crippen molar-refractivity contribution in [2.45, 2.75) is 42.7 Å². The van der Waals surface area contributed by atoms with Crippen molar-refractivity contribution >= 4 is 22.7 Å². The lowest BCUT2D eigenvalue weighted by molar-refractivity contribution is -0.409. The van der Waals surface area contributed by atoms with E-state index in [4.69, 9.17) is 4.55 Å². The highest BCUT2D eigenvalue weighted by Crippen LogP contribution is 2.54. The minimum absolute atomic E-state index is 0.00936. The molecule has 2 unspecified atom stereocenters. The molecule has 13 heteroatoms. The number of rotatable bonds is 8. The zero-order valence-electron chi connectivity index (χ0n) is 18.2. The summed E-state index contributed by atoms with van der Waals surface area (Å²) in [5, 5.41) is 1.79. The summed E-state index contributed by atoms with van der Waals surface area (Å²) >= 11 is -2.06. The molecule has 0 bridgehead atoms. The van der Waals surface area contributed by atoms with Crippen molar-refractivity contribution in [2.24, 2.45) is 0 Å². The zero-order chi connectivity index (χ0) is 26.0. The van der Waals surface area contributed by atoms with E-state index < -0.39 is 51.9 Å². The highest BCUT2D eigenvalue weighted by Gasteiger charge is 2.74. The Balaban J connectivity index is 1.75. The molecule has 3 rings (SSSR count). The van der Waals surface area contributed by atoms with Crippen LogP contribution in [0.1, 0.15) is 28.9 Å². The van der Waals surface area contributed by atoms with Gasteiger partial charge in [0.15, 0.2) is 11.1 Å². The van der Waals surface area contributed by atoms with E-state index in [1.165, 1.54) is 0 Å². The molecule has 0 aliphatic carbocycles. The third-order valence-electron chi connectivity index (χ3n) is 5.44. The van der Waals surface area contributed by atoms with Crippen LogP contribution in [0.2, 0.25) is 0 Å². The molecule has 35 heavy (non-hydrogen) atoms. The molecular weight excluding hydrogens is 504 g/mol. The first-order chi connectivity index (χ1) is 16.2. The summed E-state index contributed by atoms with van der Waals surface area (Å²) in [5.41, 5.74) is -4.60. The smallest absolute Gasteiger partial charge is 0.376 e. The quantitative estimate of drug-likeness (QED) is 0.379. The second-order valence-corrected chi connectivity index (χ2v) is 9.18. The van der Waals surface area contributed by atoms with E-state index in [0.717, 1.165) is 12.1 Å². The zero-order valence-corrected chi connectivity index (χ0v) is 19.0. The molecule has 2 N–H and O–H groups in total. The average Bonchev–Trinajstić information content (AvgIpc) is 2.72. The van der Waals surface area contributed by atoms with Gasteiger partial charge in [0.25, 0.3) is 5.60 Å². The highest BCUT2D eigenvalue weighted by atomic mass is 32.2. The largest absolute Gasteiger partial charge is 0.430 e. The summed E-state index contributed by atoms with van der Waals surface area (Å²) in [7, 11) is 0.